The van der Waals surface area contributed by atoms with Crippen LogP contribution >= 0.6 is 0 Å². The van der Waals surface area contributed by atoms with Crippen molar-refractivity contribution in [3.05, 3.63) is 63.6 Å². The predicted octanol–water partition coefficient (Wildman–Crippen LogP) is 0.662. The number of ether oxygens (including phenoxy) is 5. The molecule has 21 nitrogen and oxygen atoms in total. The fourth-order valence-electron chi connectivity index (χ4n) is 6.73. The molecule has 21 heteroatoms. The molecular weight excluding hydrogens is 744 g/mol. The first-order valence-corrected chi connectivity index (χ1v) is 15.7. The summed E-state index contributed by atoms with van der Waals surface area (Å²) in [6.45, 7) is -1.64. The van der Waals surface area contributed by atoms with Crippen molar-refractivity contribution in [2.75, 3.05) is 13.2 Å². The van der Waals surface area contributed by atoms with Crippen molar-refractivity contribution in [1.82, 2.24) is 0 Å². The summed E-state index contributed by atoms with van der Waals surface area (Å²) in [5.74, 6) is -21.2. The van der Waals surface area contributed by atoms with E-state index in [0.29, 0.717) is 24.3 Å². The lowest BCUT2D eigenvalue weighted by molar-refractivity contribution is -0.212. The van der Waals surface area contributed by atoms with Crippen LogP contribution in [0.3, 0.4) is 0 Å². The van der Waals surface area contributed by atoms with Crippen molar-refractivity contribution in [1.29, 1.82) is 0 Å². The molecule has 55 heavy (non-hydrogen) atoms. The Hall–Kier alpha value is -7.26. The molecule has 12 N–H and O–H groups in total. The zero-order valence-electron chi connectivity index (χ0n) is 27.2. The Bertz CT molecular complexity index is 2310. The number of esters is 4. The molecule has 288 valence electrons. The maximum Gasteiger partial charge on any atom is 0.339 e. The quantitative estimate of drug-likeness (QED) is 0.0848. The van der Waals surface area contributed by atoms with E-state index < -0.39 is 176 Å². The molecule has 7 rings (SSSR count). The lowest BCUT2D eigenvalue weighted by Gasteiger charge is -2.41. The molecule has 5 unspecified atom stereocenters. The van der Waals surface area contributed by atoms with E-state index in [0.717, 1.165) is 0 Å². The molecule has 0 bridgehead atoms. The SMILES string of the molecule is O=C1OC2C(COC(=O)c3cc(O)c(O)c(O)c3C3C1=CC(O)=C(O)C3O)OCC1OC(=O)c3cc(O)c(O)c(O)c3-c3c(cc(O)c(O)c3O)C(=O)O[C@H]12. The number of benzene rings is 3. The molecule has 1 aliphatic carbocycles. The highest BCUT2D eigenvalue weighted by Crippen LogP contribution is 2.54. The molecule has 1 fully saturated rings. The second kappa shape index (κ2) is 12.7. The fraction of sp³-hybridized carbons (Fsp3) is 0.235. The molecule has 4 aliphatic rings. The molecule has 3 aliphatic heterocycles. The highest BCUT2D eigenvalue weighted by Gasteiger charge is 2.52. The molecule has 0 aromatic heterocycles. The number of phenolic OH excluding ortho intramolecular Hbond substituents is 9. The van der Waals surface area contributed by atoms with Crippen LogP contribution in [0.2, 0.25) is 0 Å². The Morgan fingerprint density at radius 2 is 1.02 bits per heavy atom. The van der Waals surface area contributed by atoms with E-state index in [2.05, 4.69) is 0 Å². The number of rotatable bonds is 0. The average molecular weight is 771 g/mol. The van der Waals surface area contributed by atoms with Crippen molar-refractivity contribution in [2.45, 2.75) is 36.4 Å². The molecule has 6 atom stereocenters. The van der Waals surface area contributed by atoms with Gasteiger partial charge in [0.15, 0.2) is 64.3 Å². The lowest BCUT2D eigenvalue weighted by atomic mass is 9.79. The highest BCUT2D eigenvalue weighted by molar-refractivity contribution is 6.08. The maximum atomic E-state index is 14.1. The molecule has 1 saturated heterocycles. The summed E-state index contributed by atoms with van der Waals surface area (Å²) in [5.41, 5.74) is -5.90. The molecule has 0 saturated carbocycles. The number of allylic oxidation sites excluding steroid dienone is 1. The maximum absolute atomic E-state index is 14.1. The van der Waals surface area contributed by atoms with Crippen molar-refractivity contribution in [2.24, 2.45) is 0 Å². The van der Waals surface area contributed by atoms with Gasteiger partial charge in [-0.1, -0.05) is 0 Å². The van der Waals surface area contributed by atoms with E-state index in [1.165, 1.54) is 0 Å². The number of aromatic hydroxyl groups is 9. The summed E-state index contributed by atoms with van der Waals surface area (Å²) in [6.07, 6.45) is -9.22. The van der Waals surface area contributed by atoms with Crippen LogP contribution in [-0.4, -0.2) is 129 Å². The summed E-state index contributed by atoms with van der Waals surface area (Å²) in [7, 11) is 0. The number of aliphatic hydroxyl groups is 3. The predicted molar refractivity (Wildman–Crippen MR) is 171 cm³/mol. The summed E-state index contributed by atoms with van der Waals surface area (Å²) < 4.78 is 27.9. The summed E-state index contributed by atoms with van der Waals surface area (Å²) in [6, 6.07) is 1.72. The largest absolute Gasteiger partial charge is 0.506 e. The average Bonchev–Trinajstić information content (AvgIpc) is 3.15. The van der Waals surface area contributed by atoms with Gasteiger partial charge in [-0.2, -0.15) is 0 Å². The van der Waals surface area contributed by atoms with Gasteiger partial charge in [-0.05, 0) is 24.3 Å². The minimum absolute atomic E-state index is 0.541. The Morgan fingerprint density at radius 1 is 0.527 bits per heavy atom. The molecule has 0 spiro atoms. The molecule has 0 amide bonds. The van der Waals surface area contributed by atoms with Gasteiger partial charge >= 0.3 is 23.9 Å². The first-order valence-electron chi connectivity index (χ1n) is 15.7. The standard InChI is InChI=1S/C34H26O21/c35-11-1-7-17(25(43)21(11)39)19-9(3-13(37)23(41)27(19)45)33(49)54-29-15(5-52-31(7)47)51-6-16-30(29)55-34(50)10-4-14(38)24(42)28(46)20(10)18-8(32(48)53-16)2-12(36)22(40)26(18)44/h1-4,15-16,19,27,29-30,35-46H,5-6H2/t15?,16?,19?,27?,29?,30-/m1/s1. The van der Waals surface area contributed by atoms with Gasteiger partial charge < -0.3 is 85.0 Å². The van der Waals surface area contributed by atoms with E-state index in [1.54, 1.807) is 0 Å². The Labute approximate surface area is 304 Å². The molecule has 3 aromatic carbocycles. The Kier molecular flexibility index (Phi) is 8.34. The van der Waals surface area contributed by atoms with Crippen LogP contribution in [0.25, 0.3) is 11.1 Å². The summed E-state index contributed by atoms with van der Waals surface area (Å²) >= 11 is 0. The van der Waals surface area contributed by atoms with Gasteiger partial charge in [0.2, 0.25) is 17.2 Å². The smallest absolute Gasteiger partial charge is 0.339 e. The number of carbonyl (C=O) groups is 4. The minimum atomic E-state index is -2.34. The van der Waals surface area contributed by atoms with E-state index >= 15 is 0 Å². The van der Waals surface area contributed by atoms with Gasteiger partial charge in [0.25, 0.3) is 0 Å². The van der Waals surface area contributed by atoms with Crippen molar-refractivity contribution in [3.8, 4) is 62.9 Å². The monoisotopic (exact) mass is 770 g/mol. The number of aliphatic hydroxyl groups excluding tert-OH is 3. The third kappa shape index (κ3) is 5.47. The molecular formula is C34H26O21. The number of hydrogen-bond donors (Lipinski definition) is 12. The van der Waals surface area contributed by atoms with E-state index in [9.17, 15) is 80.5 Å². The zero-order valence-corrected chi connectivity index (χ0v) is 27.2. The van der Waals surface area contributed by atoms with Crippen LogP contribution in [0.15, 0.2) is 41.4 Å². The summed E-state index contributed by atoms with van der Waals surface area (Å²) in [5, 5.41) is 126. The van der Waals surface area contributed by atoms with Crippen LogP contribution in [0.1, 0.15) is 42.6 Å². The number of hydrogen-bond acceptors (Lipinski definition) is 21. The number of phenols is 9. The topological polar surface area (TPSA) is 357 Å². The fourth-order valence-corrected chi connectivity index (χ4v) is 6.73. The van der Waals surface area contributed by atoms with E-state index in [-0.39, 0.29) is 0 Å². The Balaban J connectivity index is 1.39. The van der Waals surface area contributed by atoms with Crippen LogP contribution in [0.5, 0.6) is 51.7 Å². The lowest BCUT2D eigenvalue weighted by Crippen LogP contribution is -2.59. The number of carbonyl (C=O) groups excluding carboxylic acids is 4. The Morgan fingerprint density at radius 3 is 1.60 bits per heavy atom. The van der Waals surface area contributed by atoms with Gasteiger partial charge in [0, 0.05) is 16.7 Å². The first-order chi connectivity index (χ1) is 25.9. The van der Waals surface area contributed by atoms with E-state index in [1.807, 2.05) is 0 Å². The van der Waals surface area contributed by atoms with Crippen LogP contribution in [0.4, 0.5) is 0 Å². The molecule has 0 radical (unpaired) electrons. The van der Waals surface area contributed by atoms with Crippen molar-refractivity contribution < 1.29 is 104 Å². The molecule has 3 aromatic rings. The zero-order chi connectivity index (χ0) is 39.9. The van der Waals surface area contributed by atoms with Gasteiger partial charge in [-0.25, -0.2) is 19.2 Å². The number of fused-ring (bicyclic) bond motifs is 9. The minimum Gasteiger partial charge on any atom is -0.506 e. The van der Waals surface area contributed by atoms with Crippen molar-refractivity contribution >= 4 is 23.9 Å². The van der Waals surface area contributed by atoms with Gasteiger partial charge in [0.1, 0.15) is 18.8 Å². The van der Waals surface area contributed by atoms with Gasteiger partial charge in [-0.3, -0.25) is 0 Å². The second-order valence-electron chi connectivity index (χ2n) is 12.5. The van der Waals surface area contributed by atoms with Gasteiger partial charge in [0.05, 0.1) is 34.8 Å². The van der Waals surface area contributed by atoms with Crippen LogP contribution < -0.4 is 0 Å². The van der Waals surface area contributed by atoms with E-state index in [4.69, 9.17) is 23.7 Å². The van der Waals surface area contributed by atoms with Crippen molar-refractivity contribution in [3.63, 3.8) is 0 Å². The summed E-state index contributed by atoms with van der Waals surface area (Å²) in [4.78, 5) is 55.3. The third-order valence-electron chi connectivity index (χ3n) is 9.40. The second-order valence-corrected chi connectivity index (χ2v) is 12.5. The van der Waals surface area contributed by atoms with Crippen LogP contribution in [0, 0.1) is 0 Å². The van der Waals surface area contributed by atoms with Crippen LogP contribution in [-0.2, 0) is 28.5 Å². The molecule has 3 heterocycles. The first kappa shape index (κ1) is 36.1. The normalized spacial score (nSPS) is 25.1. The number of cyclic esters (lactones) is 1. The third-order valence-corrected chi connectivity index (χ3v) is 9.40. The van der Waals surface area contributed by atoms with Gasteiger partial charge in [-0.15, -0.1) is 0 Å². The highest BCUT2D eigenvalue weighted by atomic mass is 16.7.